The predicted octanol–water partition coefficient (Wildman–Crippen LogP) is 2.59. The van der Waals surface area contributed by atoms with Crippen molar-refractivity contribution in [3.05, 3.63) is 29.8 Å². The summed E-state index contributed by atoms with van der Waals surface area (Å²) in [5, 5.41) is 11.8. The number of halogens is 1. The van der Waals surface area contributed by atoms with Crippen molar-refractivity contribution in [1.29, 1.82) is 0 Å². The monoisotopic (exact) mass is 480 g/mol. The normalized spacial score (nSPS) is 17.0. The molecule has 0 spiro atoms. The number of nitrogens with two attached hydrogens (primary N) is 1. The van der Waals surface area contributed by atoms with E-state index in [0.717, 1.165) is 18.1 Å². The fourth-order valence-electron chi connectivity index (χ4n) is 3.25. The second-order valence-corrected chi connectivity index (χ2v) is 8.09. The molecule has 1 fully saturated rings. The van der Waals surface area contributed by atoms with Gasteiger partial charge in [-0.2, -0.15) is 0 Å². The highest BCUT2D eigenvalue weighted by atomic mass is 127. The summed E-state index contributed by atoms with van der Waals surface area (Å²) in [5.74, 6) is 0.769. The van der Waals surface area contributed by atoms with Crippen LogP contribution in [-0.4, -0.2) is 28.0 Å². The molecule has 0 bridgehead atoms. The molecule has 1 saturated carbocycles. The molecule has 1 aromatic carbocycles. The third-order valence-corrected chi connectivity index (χ3v) is 5.91. The molecule has 1 aromatic rings. The van der Waals surface area contributed by atoms with Crippen LogP contribution >= 0.6 is 24.0 Å². The summed E-state index contributed by atoms with van der Waals surface area (Å²) in [6.45, 7) is 3.77. The minimum atomic E-state index is -3.64. The summed E-state index contributed by atoms with van der Waals surface area (Å²) in [7, 11) is -1.88. The van der Waals surface area contributed by atoms with Gasteiger partial charge in [0.05, 0.1) is 4.90 Å². The number of aliphatic imine (C=N–C) groups is 1. The quantitative estimate of drug-likeness (QED) is 0.331. The molecule has 2 rings (SSSR count). The van der Waals surface area contributed by atoms with Gasteiger partial charge in [-0.05, 0) is 42.4 Å². The Labute approximate surface area is 168 Å². The maximum absolute atomic E-state index is 11.3. The van der Waals surface area contributed by atoms with Crippen molar-refractivity contribution in [2.45, 2.75) is 50.5 Å². The molecule has 1 aliphatic rings. The van der Waals surface area contributed by atoms with Crippen LogP contribution in [0.25, 0.3) is 0 Å². The molecule has 4 N–H and O–H groups in total. The Kier molecular flexibility index (Phi) is 8.62. The zero-order valence-corrected chi connectivity index (χ0v) is 18.1. The number of benzene rings is 1. The van der Waals surface area contributed by atoms with E-state index in [1.54, 1.807) is 19.2 Å². The standard InChI is InChI=1S/C17H28N4O2S.HI/c1-3-17(10-4-5-11-17)13-21-16(19-2)20-12-14-6-8-15(9-7-14)24(18,22)23;/h6-9H,3-5,10-13H2,1-2H3,(H2,18,22,23)(H2,19,20,21);1H. The molecule has 0 aromatic heterocycles. The van der Waals surface area contributed by atoms with E-state index in [1.807, 2.05) is 0 Å². The summed E-state index contributed by atoms with van der Waals surface area (Å²) in [6, 6.07) is 6.55. The lowest BCUT2D eigenvalue weighted by Crippen LogP contribution is -2.42. The summed E-state index contributed by atoms with van der Waals surface area (Å²) in [5.41, 5.74) is 1.37. The van der Waals surface area contributed by atoms with Crippen molar-refractivity contribution in [2.24, 2.45) is 15.5 Å². The molecular weight excluding hydrogens is 451 g/mol. The fourth-order valence-corrected chi connectivity index (χ4v) is 3.77. The van der Waals surface area contributed by atoms with Crippen LogP contribution in [0.3, 0.4) is 0 Å². The third-order valence-electron chi connectivity index (χ3n) is 4.98. The van der Waals surface area contributed by atoms with E-state index in [-0.39, 0.29) is 28.9 Å². The van der Waals surface area contributed by atoms with E-state index in [9.17, 15) is 8.42 Å². The van der Waals surface area contributed by atoms with Gasteiger partial charge in [-0.3, -0.25) is 4.99 Å². The van der Waals surface area contributed by atoms with Gasteiger partial charge >= 0.3 is 0 Å². The first kappa shape index (κ1) is 22.2. The zero-order valence-electron chi connectivity index (χ0n) is 14.9. The number of hydrogen-bond acceptors (Lipinski definition) is 3. The Morgan fingerprint density at radius 3 is 2.28 bits per heavy atom. The number of hydrogen-bond donors (Lipinski definition) is 3. The Morgan fingerprint density at radius 2 is 1.80 bits per heavy atom. The molecule has 25 heavy (non-hydrogen) atoms. The average molecular weight is 480 g/mol. The van der Waals surface area contributed by atoms with E-state index >= 15 is 0 Å². The molecule has 0 atom stereocenters. The SMILES string of the molecule is CCC1(CNC(=NC)NCc2ccc(S(N)(=O)=O)cc2)CCCC1.I. The molecule has 0 unspecified atom stereocenters. The van der Waals surface area contributed by atoms with Crippen molar-refractivity contribution in [2.75, 3.05) is 13.6 Å². The van der Waals surface area contributed by atoms with Crippen LogP contribution in [0.2, 0.25) is 0 Å². The molecule has 0 radical (unpaired) electrons. The molecule has 0 amide bonds. The lowest BCUT2D eigenvalue weighted by atomic mass is 9.83. The molecular formula is C17H29IN4O2S. The second kappa shape index (κ2) is 9.72. The van der Waals surface area contributed by atoms with Crippen LogP contribution < -0.4 is 15.8 Å². The largest absolute Gasteiger partial charge is 0.356 e. The van der Waals surface area contributed by atoms with Gasteiger partial charge in [0, 0.05) is 20.1 Å². The predicted molar refractivity (Wildman–Crippen MR) is 113 cm³/mol. The fraction of sp³-hybridized carbons (Fsp3) is 0.588. The number of nitrogens with one attached hydrogen (secondary N) is 2. The van der Waals surface area contributed by atoms with E-state index in [2.05, 4.69) is 22.5 Å². The third kappa shape index (κ3) is 6.41. The van der Waals surface area contributed by atoms with Crippen molar-refractivity contribution in [3.8, 4) is 0 Å². The number of rotatable bonds is 6. The van der Waals surface area contributed by atoms with Crippen molar-refractivity contribution < 1.29 is 8.42 Å². The lowest BCUT2D eigenvalue weighted by Gasteiger charge is -2.28. The van der Waals surface area contributed by atoms with Gasteiger partial charge in [0.15, 0.2) is 5.96 Å². The Balaban J connectivity index is 0.00000312. The molecule has 0 heterocycles. The van der Waals surface area contributed by atoms with Gasteiger partial charge in [0.25, 0.3) is 0 Å². The van der Waals surface area contributed by atoms with Gasteiger partial charge in [0.1, 0.15) is 0 Å². The molecule has 8 heteroatoms. The Morgan fingerprint density at radius 1 is 1.20 bits per heavy atom. The van der Waals surface area contributed by atoms with E-state index in [0.29, 0.717) is 12.0 Å². The molecule has 142 valence electrons. The highest BCUT2D eigenvalue weighted by Gasteiger charge is 2.31. The summed E-state index contributed by atoms with van der Waals surface area (Å²) >= 11 is 0. The number of primary sulfonamides is 1. The van der Waals surface area contributed by atoms with E-state index in [1.165, 1.54) is 44.2 Å². The summed E-state index contributed by atoms with van der Waals surface area (Å²) < 4.78 is 22.5. The first-order valence-electron chi connectivity index (χ1n) is 8.45. The first-order valence-corrected chi connectivity index (χ1v) is 9.99. The molecule has 0 aliphatic heterocycles. The summed E-state index contributed by atoms with van der Waals surface area (Å²) in [6.07, 6.45) is 6.38. The van der Waals surface area contributed by atoms with Crippen LogP contribution in [0, 0.1) is 5.41 Å². The Hall–Kier alpha value is -0.870. The minimum absolute atomic E-state index is 0. The molecule has 6 nitrogen and oxygen atoms in total. The van der Waals surface area contributed by atoms with Gasteiger partial charge in [0.2, 0.25) is 10.0 Å². The van der Waals surface area contributed by atoms with Crippen LogP contribution in [0.4, 0.5) is 0 Å². The maximum Gasteiger partial charge on any atom is 0.238 e. The van der Waals surface area contributed by atoms with Crippen LogP contribution in [0.5, 0.6) is 0 Å². The topological polar surface area (TPSA) is 96.6 Å². The van der Waals surface area contributed by atoms with Crippen molar-refractivity contribution in [1.82, 2.24) is 10.6 Å². The van der Waals surface area contributed by atoms with Crippen molar-refractivity contribution >= 4 is 40.0 Å². The number of sulfonamides is 1. The smallest absolute Gasteiger partial charge is 0.238 e. The molecule has 0 saturated heterocycles. The van der Waals surface area contributed by atoms with Gasteiger partial charge in [-0.25, -0.2) is 13.6 Å². The van der Waals surface area contributed by atoms with Gasteiger partial charge < -0.3 is 10.6 Å². The minimum Gasteiger partial charge on any atom is -0.356 e. The first-order chi connectivity index (χ1) is 11.4. The second-order valence-electron chi connectivity index (χ2n) is 6.53. The highest BCUT2D eigenvalue weighted by Crippen LogP contribution is 2.40. The van der Waals surface area contributed by atoms with Crippen LogP contribution in [0.1, 0.15) is 44.6 Å². The number of nitrogens with zero attached hydrogens (tertiary/aromatic N) is 1. The summed E-state index contributed by atoms with van der Waals surface area (Å²) in [4.78, 5) is 4.39. The van der Waals surface area contributed by atoms with Crippen LogP contribution in [-0.2, 0) is 16.6 Å². The van der Waals surface area contributed by atoms with Gasteiger partial charge in [-0.1, -0.05) is 31.9 Å². The zero-order chi connectivity index (χ0) is 17.6. The van der Waals surface area contributed by atoms with E-state index in [4.69, 9.17) is 5.14 Å². The van der Waals surface area contributed by atoms with Crippen LogP contribution in [0.15, 0.2) is 34.2 Å². The Bertz CT molecular complexity index is 668. The number of guanidine groups is 1. The molecule has 1 aliphatic carbocycles. The lowest BCUT2D eigenvalue weighted by molar-refractivity contribution is 0.283. The van der Waals surface area contributed by atoms with E-state index < -0.39 is 10.0 Å². The maximum atomic E-state index is 11.3. The van der Waals surface area contributed by atoms with Crippen molar-refractivity contribution in [3.63, 3.8) is 0 Å². The average Bonchev–Trinajstić information content (AvgIpc) is 3.04. The highest BCUT2D eigenvalue weighted by molar-refractivity contribution is 14.0. The van der Waals surface area contributed by atoms with Gasteiger partial charge in [-0.15, -0.1) is 24.0 Å².